The topological polar surface area (TPSA) is 62.4 Å². The minimum absolute atomic E-state index is 0.169. The third-order valence-electron chi connectivity index (χ3n) is 6.11. The lowest BCUT2D eigenvalue weighted by atomic mass is 9.92. The van der Waals surface area contributed by atoms with Gasteiger partial charge in [-0.25, -0.2) is 0 Å². The number of benzene rings is 3. The van der Waals surface area contributed by atoms with Crippen LogP contribution in [-0.4, -0.2) is 24.2 Å². The van der Waals surface area contributed by atoms with Gasteiger partial charge in [0.05, 0.1) is 6.61 Å². The number of fused-ring (bicyclic) bond motifs is 3. The van der Waals surface area contributed by atoms with E-state index < -0.39 is 0 Å². The van der Waals surface area contributed by atoms with E-state index in [1.807, 2.05) is 42.5 Å². The normalized spacial score (nSPS) is 17.2. The molecule has 164 valence electrons. The van der Waals surface area contributed by atoms with Crippen LogP contribution in [0, 0.1) is 11.8 Å². The van der Waals surface area contributed by atoms with Crippen LogP contribution < -0.4 is 20.7 Å². The van der Waals surface area contributed by atoms with Gasteiger partial charge in [-0.05, 0) is 78.5 Å². The number of para-hydroxylation sites is 1. The van der Waals surface area contributed by atoms with Crippen LogP contribution in [0.2, 0.25) is 0 Å². The highest BCUT2D eigenvalue weighted by Gasteiger charge is 2.26. The second-order valence-electron chi connectivity index (χ2n) is 8.76. The van der Waals surface area contributed by atoms with Crippen LogP contribution in [0.4, 0.5) is 11.4 Å². The van der Waals surface area contributed by atoms with Gasteiger partial charge in [-0.15, -0.1) is 0 Å². The Morgan fingerprint density at radius 2 is 1.75 bits per heavy atom. The van der Waals surface area contributed by atoms with E-state index in [2.05, 4.69) is 34.1 Å². The average molecular weight is 446 g/mol. The minimum atomic E-state index is 0.169. The number of carbonyl (C=O) groups excluding carboxylic acids is 1. The third-order valence-corrected chi connectivity index (χ3v) is 6.31. The number of rotatable bonds is 6. The van der Waals surface area contributed by atoms with Gasteiger partial charge in [0.1, 0.15) is 5.75 Å². The van der Waals surface area contributed by atoms with Crippen molar-refractivity contribution in [3.05, 3.63) is 66.2 Å². The monoisotopic (exact) mass is 445 g/mol. The van der Waals surface area contributed by atoms with E-state index >= 15 is 0 Å². The first-order valence-electron chi connectivity index (χ1n) is 11.2. The maximum absolute atomic E-state index is 12.1. The molecule has 1 aliphatic carbocycles. The van der Waals surface area contributed by atoms with Crippen LogP contribution in [-0.2, 0) is 11.2 Å². The van der Waals surface area contributed by atoms with Crippen molar-refractivity contribution >= 4 is 45.4 Å². The molecule has 3 aromatic rings. The lowest BCUT2D eigenvalue weighted by Crippen LogP contribution is -2.35. The van der Waals surface area contributed by atoms with E-state index in [1.165, 1.54) is 23.8 Å². The highest BCUT2D eigenvalue weighted by molar-refractivity contribution is 7.80. The summed E-state index contributed by atoms with van der Waals surface area (Å²) in [6.07, 6.45) is 3.94. The van der Waals surface area contributed by atoms with Gasteiger partial charge in [0.2, 0.25) is 5.91 Å². The summed E-state index contributed by atoms with van der Waals surface area (Å²) >= 11 is 5.49. The Morgan fingerprint density at radius 1 is 0.969 bits per heavy atom. The lowest BCUT2D eigenvalue weighted by Gasteiger charge is -2.27. The summed E-state index contributed by atoms with van der Waals surface area (Å²) in [7, 11) is 0. The van der Waals surface area contributed by atoms with Gasteiger partial charge in [0.25, 0.3) is 0 Å². The molecule has 32 heavy (non-hydrogen) atoms. The van der Waals surface area contributed by atoms with Crippen molar-refractivity contribution in [2.24, 2.45) is 11.8 Å². The molecule has 1 amide bonds. The van der Waals surface area contributed by atoms with Crippen LogP contribution in [0.15, 0.2) is 60.7 Å². The number of anilines is 2. The Balaban J connectivity index is 1.29. The number of amides is 1. The fourth-order valence-corrected chi connectivity index (χ4v) is 4.44. The van der Waals surface area contributed by atoms with Gasteiger partial charge in [0.15, 0.2) is 5.11 Å². The molecule has 0 spiro atoms. The molecule has 1 aliphatic heterocycles. The Morgan fingerprint density at radius 3 is 2.56 bits per heavy atom. The standard InChI is InChI=1S/C26H27N3O2S/c30-25(13-17-6-7-17)27-15-18-12-23-22-14-21(10-8-19(22)9-11-24(23)31-16-18)29-26(32)28-20-4-2-1-3-5-20/h1-5,8-11,14,17-18H,6-7,12-13,15-16H2,(H,27,30)(H2,28,29,32). The quantitative estimate of drug-likeness (QED) is 0.460. The molecule has 5 rings (SSSR count). The molecule has 3 aromatic carbocycles. The summed E-state index contributed by atoms with van der Waals surface area (Å²) < 4.78 is 6.06. The molecule has 1 atom stereocenters. The van der Waals surface area contributed by atoms with Gasteiger partial charge in [0, 0.05) is 35.8 Å². The Labute approximate surface area is 193 Å². The van der Waals surface area contributed by atoms with Gasteiger partial charge in [-0.3, -0.25) is 4.79 Å². The average Bonchev–Trinajstić information content (AvgIpc) is 3.62. The van der Waals surface area contributed by atoms with Crippen molar-refractivity contribution in [3.63, 3.8) is 0 Å². The van der Waals surface area contributed by atoms with Crippen molar-refractivity contribution in [2.45, 2.75) is 25.7 Å². The fourth-order valence-electron chi connectivity index (χ4n) is 4.20. The first kappa shape index (κ1) is 20.8. The molecule has 0 bridgehead atoms. The first-order chi connectivity index (χ1) is 15.6. The van der Waals surface area contributed by atoms with Crippen LogP contribution >= 0.6 is 12.2 Å². The maximum atomic E-state index is 12.1. The number of hydrogen-bond donors (Lipinski definition) is 3. The summed E-state index contributed by atoms with van der Waals surface area (Å²) in [4.78, 5) is 12.1. The fraction of sp³-hybridized carbons (Fsp3) is 0.308. The van der Waals surface area contributed by atoms with Crippen molar-refractivity contribution in [1.82, 2.24) is 5.32 Å². The van der Waals surface area contributed by atoms with E-state index in [1.54, 1.807) is 0 Å². The third kappa shape index (κ3) is 5.02. The van der Waals surface area contributed by atoms with Crippen LogP contribution in [0.3, 0.4) is 0 Å². The van der Waals surface area contributed by atoms with Gasteiger partial charge >= 0.3 is 0 Å². The van der Waals surface area contributed by atoms with E-state index in [9.17, 15) is 4.79 Å². The maximum Gasteiger partial charge on any atom is 0.220 e. The minimum Gasteiger partial charge on any atom is -0.493 e. The van der Waals surface area contributed by atoms with E-state index in [-0.39, 0.29) is 11.8 Å². The molecule has 0 radical (unpaired) electrons. The SMILES string of the molecule is O=C(CC1CC1)NCC1COc2ccc3ccc(NC(=S)Nc4ccccc4)cc3c2C1. The Hall–Kier alpha value is -3.12. The van der Waals surface area contributed by atoms with E-state index in [4.69, 9.17) is 17.0 Å². The van der Waals surface area contributed by atoms with Crippen molar-refractivity contribution in [2.75, 3.05) is 23.8 Å². The zero-order chi connectivity index (χ0) is 21.9. The van der Waals surface area contributed by atoms with Gasteiger partial charge in [-0.1, -0.05) is 30.3 Å². The summed E-state index contributed by atoms with van der Waals surface area (Å²) in [6.45, 7) is 1.29. The smallest absolute Gasteiger partial charge is 0.220 e. The van der Waals surface area contributed by atoms with Crippen molar-refractivity contribution in [3.8, 4) is 5.75 Å². The van der Waals surface area contributed by atoms with Crippen LogP contribution in [0.25, 0.3) is 10.8 Å². The molecule has 0 saturated heterocycles. The van der Waals surface area contributed by atoms with Gasteiger partial charge in [-0.2, -0.15) is 0 Å². The van der Waals surface area contributed by atoms with Gasteiger partial charge < -0.3 is 20.7 Å². The van der Waals surface area contributed by atoms with Crippen molar-refractivity contribution < 1.29 is 9.53 Å². The summed E-state index contributed by atoms with van der Waals surface area (Å²) in [5.41, 5.74) is 3.07. The molecule has 6 heteroatoms. The zero-order valence-corrected chi connectivity index (χ0v) is 18.7. The molecule has 0 aromatic heterocycles. The molecule has 1 fully saturated rings. The Kier molecular flexibility index (Phi) is 5.95. The zero-order valence-electron chi connectivity index (χ0n) is 17.9. The van der Waals surface area contributed by atoms with E-state index in [0.717, 1.165) is 28.9 Å². The van der Waals surface area contributed by atoms with E-state index in [0.29, 0.717) is 30.6 Å². The first-order valence-corrected chi connectivity index (χ1v) is 11.6. The van der Waals surface area contributed by atoms with Crippen LogP contribution in [0.1, 0.15) is 24.8 Å². The highest BCUT2D eigenvalue weighted by atomic mass is 32.1. The van der Waals surface area contributed by atoms with Crippen molar-refractivity contribution in [1.29, 1.82) is 0 Å². The molecular weight excluding hydrogens is 418 g/mol. The summed E-state index contributed by atoms with van der Waals surface area (Å²) in [5, 5.41) is 12.5. The molecular formula is C26H27N3O2S. The second kappa shape index (κ2) is 9.17. The Bertz CT molecular complexity index is 1140. The number of hydrogen-bond acceptors (Lipinski definition) is 3. The highest BCUT2D eigenvalue weighted by Crippen LogP contribution is 2.35. The molecule has 3 N–H and O–H groups in total. The number of ether oxygens (including phenoxy) is 1. The van der Waals surface area contributed by atoms with Crippen LogP contribution in [0.5, 0.6) is 5.75 Å². The lowest BCUT2D eigenvalue weighted by molar-refractivity contribution is -0.121. The largest absolute Gasteiger partial charge is 0.493 e. The molecule has 1 unspecified atom stereocenters. The number of thiocarbonyl (C=S) groups is 1. The molecule has 5 nitrogen and oxygen atoms in total. The molecule has 1 saturated carbocycles. The summed E-state index contributed by atoms with van der Waals surface area (Å²) in [6, 6.07) is 20.3. The predicted molar refractivity (Wildman–Crippen MR) is 133 cm³/mol. The predicted octanol–water partition coefficient (Wildman–Crippen LogP) is 5.12. The summed E-state index contributed by atoms with van der Waals surface area (Å²) in [5.74, 6) is 1.98. The second-order valence-corrected chi connectivity index (χ2v) is 9.16. The number of carbonyl (C=O) groups is 1. The molecule has 1 heterocycles. The number of nitrogens with one attached hydrogen (secondary N) is 3. The molecule has 2 aliphatic rings.